The van der Waals surface area contributed by atoms with Crippen LogP contribution in [0.25, 0.3) is 0 Å². The van der Waals surface area contributed by atoms with Crippen LogP contribution >= 0.6 is 0 Å². The molecule has 1 aliphatic heterocycles. The zero-order valence-electron chi connectivity index (χ0n) is 17.6. The van der Waals surface area contributed by atoms with Gasteiger partial charge in [-0.3, -0.25) is 0 Å². The number of aromatic nitrogens is 2. The van der Waals surface area contributed by atoms with E-state index in [1.807, 2.05) is 25.3 Å². The molecule has 7 nitrogen and oxygen atoms in total. The average Bonchev–Trinajstić information content (AvgIpc) is 3.17. The van der Waals surface area contributed by atoms with Crippen LogP contribution in [-0.4, -0.2) is 58.5 Å². The van der Waals surface area contributed by atoms with Gasteiger partial charge in [-0.25, -0.2) is 9.78 Å². The number of aliphatic hydroxyl groups excluding tert-OH is 1. The van der Waals surface area contributed by atoms with Gasteiger partial charge >= 0.3 is 6.09 Å². The molecule has 1 amide bonds. The van der Waals surface area contributed by atoms with Crippen molar-refractivity contribution < 1.29 is 19.4 Å². The first kappa shape index (κ1) is 21.9. The molecule has 1 aromatic rings. The third kappa shape index (κ3) is 6.62. The van der Waals surface area contributed by atoms with Crippen LogP contribution in [0, 0.1) is 0 Å². The van der Waals surface area contributed by atoms with Gasteiger partial charge in [0.15, 0.2) is 0 Å². The van der Waals surface area contributed by atoms with Gasteiger partial charge in [0.05, 0.1) is 6.04 Å². The molecule has 1 aromatic heterocycles. The molecular formula is C19H35N3O4Si. The van der Waals surface area contributed by atoms with E-state index in [-0.39, 0.29) is 12.1 Å². The molecule has 2 heterocycles. The molecule has 1 aliphatic rings. The van der Waals surface area contributed by atoms with Gasteiger partial charge in [-0.05, 0) is 39.7 Å². The van der Waals surface area contributed by atoms with Crippen LogP contribution in [0.5, 0.6) is 0 Å². The predicted octanol–water partition coefficient (Wildman–Crippen LogP) is 3.63. The highest BCUT2D eigenvalue weighted by Gasteiger charge is 2.38. The topological polar surface area (TPSA) is 76.8 Å². The minimum atomic E-state index is -1.13. The normalized spacial score (nSPS) is 19.4. The van der Waals surface area contributed by atoms with Crippen molar-refractivity contribution in [2.75, 3.05) is 13.2 Å². The molecule has 0 spiro atoms. The van der Waals surface area contributed by atoms with Crippen LogP contribution in [0.2, 0.25) is 25.7 Å². The second-order valence-corrected chi connectivity index (χ2v) is 15.1. The van der Waals surface area contributed by atoms with E-state index >= 15 is 0 Å². The van der Waals surface area contributed by atoms with Crippen molar-refractivity contribution in [1.82, 2.24) is 14.5 Å². The first-order valence-electron chi connectivity index (χ1n) is 9.74. The quantitative estimate of drug-likeness (QED) is 0.562. The summed E-state index contributed by atoms with van der Waals surface area (Å²) in [4.78, 5) is 18.4. The van der Waals surface area contributed by atoms with Crippen molar-refractivity contribution in [2.24, 2.45) is 0 Å². The predicted molar refractivity (Wildman–Crippen MR) is 107 cm³/mol. The highest BCUT2D eigenvalue weighted by molar-refractivity contribution is 6.76. The highest BCUT2D eigenvalue weighted by atomic mass is 28.3. The Morgan fingerprint density at radius 2 is 2.11 bits per heavy atom. The van der Waals surface area contributed by atoms with Crippen LogP contribution in [-0.2, 0) is 16.2 Å². The first-order valence-corrected chi connectivity index (χ1v) is 13.5. The van der Waals surface area contributed by atoms with E-state index in [1.165, 1.54) is 0 Å². The molecule has 2 rings (SSSR count). The second kappa shape index (κ2) is 8.75. The Hall–Kier alpha value is -1.38. The fraction of sp³-hybridized carbons (Fsp3) is 0.789. The zero-order valence-corrected chi connectivity index (χ0v) is 18.6. The minimum absolute atomic E-state index is 0.331. The Bertz CT molecular complexity index is 621. The monoisotopic (exact) mass is 397 g/mol. The summed E-state index contributed by atoms with van der Waals surface area (Å²) in [5, 5.41) is 10.9. The van der Waals surface area contributed by atoms with Crippen LogP contribution in [0.1, 0.15) is 45.5 Å². The zero-order chi connectivity index (χ0) is 20.2. The maximum absolute atomic E-state index is 12.5. The van der Waals surface area contributed by atoms with Gasteiger partial charge in [0, 0.05) is 33.6 Å². The molecule has 1 N–H and O–H groups in total. The largest absolute Gasteiger partial charge is 0.444 e. The number of ether oxygens (including phenoxy) is 2. The number of rotatable bonds is 7. The molecule has 27 heavy (non-hydrogen) atoms. The van der Waals surface area contributed by atoms with E-state index in [1.54, 1.807) is 17.3 Å². The number of hydrogen-bond acceptors (Lipinski definition) is 5. The first-order chi connectivity index (χ1) is 12.5. The number of amides is 1. The van der Waals surface area contributed by atoms with E-state index in [4.69, 9.17) is 9.47 Å². The van der Waals surface area contributed by atoms with Crippen molar-refractivity contribution in [3.05, 3.63) is 18.2 Å². The number of likely N-dealkylation sites (tertiary alicyclic amines) is 1. The van der Waals surface area contributed by atoms with Crippen molar-refractivity contribution in [1.29, 1.82) is 0 Å². The third-order valence-corrected chi connectivity index (χ3v) is 6.23. The van der Waals surface area contributed by atoms with Crippen LogP contribution < -0.4 is 0 Å². The van der Waals surface area contributed by atoms with Gasteiger partial charge in [-0.2, -0.15) is 0 Å². The average molecular weight is 398 g/mol. The summed E-state index contributed by atoms with van der Waals surface area (Å²) in [6, 6.07) is 0.761. The van der Waals surface area contributed by atoms with Crippen molar-refractivity contribution in [2.45, 2.75) is 83.8 Å². The number of carbonyl (C=O) groups excluding carboxylic acids is 1. The van der Waals surface area contributed by atoms with Crippen molar-refractivity contribution >= 4 is 14.2 Å². The van der Waals surface area contributed by atoms with Crippen molar-refractivity contribution in [3.63, 3.8) is 0 Å². The molecule has 1 fully saturated rings. The van der Waals surface area contributed by atoms with E-state index in [9.17, 15) is 9.90 Å². The van der Waals surface area contributed by atoms with E-state index in [0.717, 1.165) is 18.9 Å². The fourth-order valence-corrected chi connectivity index (χ4v) is 3.83. The molecule has 0 aliphatic carbocycles. The van der Waals surface area contributed by atoms with Gasteiger partial charge in [0.2, 0.25) is 0 Å². The van der Waals surface area contributed by atoms with Gasteiger partial charge in [0.1, 0.15) is 24.3 Å². The Balaban J connectivity index is 1.99. The second-order valence-electron chi connectivity index (χ2n) is 9.43. The standard InChI is InChI=1S/C19H35N3O4Si/c1-19(2,3)26-18(24)22-10-7-8-15(22)16(23)17-20-9-11-21(17)14-25-12-13-27(4,5)6/h9,11,15-16,23H,7-8,10,12-14H2,1-6H3/t15-,16?/m0/s1. The Morgan fingerprint density at radius 3 is 2.74 bits per heavy atom. The minimum Gasteiger partial charge on any atom is -0.444 e. The van der Waals surface area contributed by atoms with E-state index < -0.39 is 19.8 Å². The maximum atomic E-state index is 12.5. The van der Waals surface area contributed by atoms with Crippen LogP contribution in [0.3, 0.4) is 0 Å². The molecule has 1 unspecified atom stereocenters. The summed E-state index contributed by atoms with van der Waals surface area (Å²) >= 11 is 0. The van der Waals surface area contributed by atoms with Crippen LogP contribution in [0.4, 0.5) is 4.79 Å². The third-order valence-electron chi connectivity index (χ3n) is 4.53. The number of carbonyl (C=O) groups is 1. The van der Waals surface area contributed by atoms with Gasteiger partial charge in [-0.15, -0.1) is 0 Å². The SMILES string of the molecule is CC(C)(C)OC(=O)N1CCC[C@H]1C(O)c1nccn1COCC[Si](C)(C)C. The summed E-state index contributed by atoms with van der Waals surface area (Å²) in [6.07, 6.45) is 3.79. The maximum Gasteiger partial charge on any atom is 0.410 e. The number of nitrogens with zero attached hydrogens (tertiary/aromatic N) is 3. The summed E-state index contributed by atoms with van der Waals surface area (Å²) in [5.74, 6) is 0.531. The summed E-state index contributed by atoms with van der Waals surface area (Å²) in [6.45, 7) is 14.1. The Morgan fingerprint density at radius 1 is 1.41 bits per heavy atom. The molecule has 0 saturated carbocycles. The molecule has 2 atom stereocenters. The molecule has 0 radical (unpaired) electrons. The van der Waals surface area contributed by atoms with E-state index in [0.29, 0.717) is 25.7 Å². The lowest BCUT2D eigenvalue weighted by atomic mass is 10.1. The highest BCUT2D eigenvalue weighted by Crippen LogP contribution is 2.30. The lowest BCUT2D eigenvalue weighted by Gasteiger charge is -2.31. The lowest BCUT2D eigenvalue weighted by molar-refractivity contribution is 0.000955. The van der Waals surface area contributed by atoms with Gasteiger partial charge in [0.25, 0.3) is 0 Å². The number of hydrogen-bond donors (Lipinski definition) is 1. The summed E-state index contributed by atoms with van der Waals surface area (Å²) in [5.41, 5.74) is -0.558. The molecule has 154 valence electrons. The molecule has 0 bridgehead atoms. The molecule has 1 saturated heterocycles. The molecule has 0 aromatic carbocycles. The van der Waals surface area contributed by atoms with Gasteiger partial charge in [-0.1, -0.05) is 19.6 Å². The Kier molecular flexibility index (Phi) is 7.10. The number of aliphatic hydroxyl groups is 1. The number of imidazole rings is 1. The van der Waals surface area contributed by atoms with E-state index in [2.05, 4.69) is 24.6 Å². The smallest absolute Gasteiger partial charge is 0.410 e. The van der Waals surface area contributed by atoms with Gasteiger partial charge < -0.3 is 24.0 Å². The Labute approximate surface area is 163 Å². The molecular weight excluding hydrogens is 362 g/mol. The molecule has 8 heteroatoms. The summed E-state index contributed by atoms with van der Waals surface area (Å²) < 4.78 is 13.1. The summed E-state index contributed by atoms with van der Waals surface area (Å²) in [7, 11) is -1.13. The van der Waals surface area contributed by atoms with Crippen molar-refractivity contribution in [3.8, 4) is 0 Å². The fourth-order valence-electron chi connectivity index (χ4n) is 3.08. The lowest BCUT2D eigenvalue weighted by Crippen LogP contribution is -2.42. The van der Waals surface area contributed by atoms with Crippen LogP contribution in [0.15, 0.2) is 12.4 Å².